The molecule has 0 fully saturated rings. The van der Waals surface area contributed by atoms with Gasteiger partial charge in [0, 0.05) is 18.6 Å². The normalized spacial score (nSPS) is 10.4. The van der Waals surface area contributed by atoms with Gasteiger partial charge in [-0.25, -0.2) is 4.79 Å². The number of halogens is 1. The molecule has 84 valence electrons. The number of esters is 1. The predicted octanol–water partition coefficient (Wildman–Crippen LogP) is 2.74. The van der Waals surface area contributed by atoms with Crippen LogP contribution in [0.2, 0.25) is 0 Å². The highest BCUT2D eigenvalue weighted by Crippen LogP contribution is 2.25. The molecule has 0 radical (unpaired) electrons. The molecule has 2 aromatic rings. The van der Waals surface area contributed by atoms with Crippen LogP contribution >= 0.6 is 15.9 Å². The fraction of sp³-hybridized carbons (Fsp3) is 0.182. The van der Waals surface area contributed by atoms with Crippen molar-refractivity contribution >= 4 is 21.9 Å². The first-order valence-electron chi connectivity index (χ1n) is 4.91. The van der Waals surface area contributed by atoms with E-state index in [4.69, 9.17) is 4.74 Å². The number of ether oxygens (including phenoxy) is 1. The van der Waals surface area contributed by atoms with Crippen LogP contribution in [-0.4, -0.2) is 22.1 Å². The molecule has 5 heteroatoms. The standard InChI is InChI=1S/C11H11BrN2O2/c1-2-16-11(15)9-10(8(12)7-13-9)14-5-3-4-6-14/h3-7,13H,2H2,1H3. The summed E-state index contributed by atoms with van der Waals surface area (Å²) >= 11 is 3.40. The molecule has 4 nitrogen and oxygen atoms in total. The second-order valence-corrected chi connectivity index (χ2v) is 4.03. The Morgan fingerprint density at radius 1 is 1.50 bits per heavy atom. The van der Waals surface area contributed by atoms with Gasteiger partial charge in [0.05, 0.1) is 16.8 Å². The van der Waals surface area contributed by atoms with E-state index >= 15 is 0 Å². The highest BCUT2D eigenvalue weighted by atomic mass is 79.9. The molecule has 0 saturated carbocycles. The third kappa shape index (κ3) is 1.90. The lowest BCUT2D eigenvalue weighted by Gasteiger charge is -2.05. The molecule has 2 heterocycles. The van der Waals surface area contributed by atoms with E-state index in [1.54, 1.807) is 13.1 Å². The maximum atomic E-state index is 11.7. The molecule has 1 N–H and O–H groups in total. The zero-order chi connectivity index (χ0) is 11.5. The number of H-pyrrole nitrogens is 1. The van der Waals surface area contributed by atoms with E-state index in [1.807, 2.05) is 29.1 Å². The number of hydrogen-bond donors (Lipinski definition) is 1. The first-order valence-corrected chi connectivity index (χ1v) is 5.70. The van der Waals surface area contributed by atoms with E-state index in [1.165, 1.54) is 0 Å². The van der Waals surface area contributed by atoms with Gasteiger partial charge >= 0.3 is 5.97 Å². The summed E-state index contributed by atoms with van der Waals surface area (Å²) in [5.74, 6) is -0.350. The summed E-state index contributed by atoms with van der Waals surface area (Å²) in [7, 11) is 0. The largest absolute Gasteiger partial charge is 0.461 e. The van der Waals surface area contributed by atoms with Crippen LogP contribution in [0.4, 0.5) is 0 Å². The van der Waals surface area contributed by atoms with Crippen molar-refractivity contribution in [3.05, 3.63) is 40.9 Å². The van der Waals surface area contributed by atoms with Crippen LogP contribution in [0.15, 0.2) is 35.2 Å². The lowest BCUT2D eigenvalue weighted by atomic mass is 10.3. The van der Waals surface area contributed by atoms with Crippen molar-refractivity contribution in [1.82, 2.24) is 9.55 Å². The predicted molar refractivity (Wildman–Crippen MR) is 63.8 cm³/mol. The minimum Gasteiger partial charge on any atom is -0.461 e. The molecule has 0 atom stereocenters. The fourth-order valence-corrected chi connectivity index (χ4v) is 2.00. The first-order chi connectivity index (χ1) is 7.74. The van der Waals surface area contributed by atoms with Gasteiger partial charge in [0.1, 0.15) is 0 Å². The molecular formula is C11H11BrN2O2. The first kappa shape index (κ1) is 11.0. The molecular weight excluding hydrogens is 272 g/mol. The molecule has 0 unspecified atom stereocenters. The Morgan fingerprint density at radius 3 is 2.81 bits per heavy atom. The Kier molecular flexibility index (Phi) is 3.14. The Hall–Kier alpha value is -1.49. The van der Waals surface area contributed by atoms with E-state index < -0.39 is 0 Å². The lowest BCUT2D eigenvalue weighted by Crippen LogP contribution is -2.08. The molecule has 0 aromatic carbocycles. The molecule has 2 rings (SSSR count). The summed E-state index contributed by atoms with van der Waals surface area (Å²) in [6.07, 6.45) is 5.47. The van der Waals surface area contributed by atoms with Crippen LogP contribution in [-0.2, 0) is 4.74 Å². The van der Waals surface area contributed by atoms with Gasteiger partial charge in [-0.3, -0.25) is 0 Å². The third-order valence-corrected chi connectivity index (χ3v) is 2.75. The van der Waals surface area contributed by atoms with E-state index in [2.05, 4.69) is 20.9 Å². The van der Waals surface area contributed by atoms with Gasteiger partial charge in [0.25, 0.3) is 0 Å². The second kappa shape index (κ2) is 4.57. The van der Waals surface area contributed by atoms with Gasteiger partial charge in [-0.1, -0.05) is 0 Å². The summed E-state index contributed by atoms with van der Waals surface area (Å²) in [5.41, 5.74) is 1.22. The lowest BCUT2D eigenvalue weighted by molar-refractivity contribution is 0.0520. The van der Waals surface area contributed by atoms with Crippen LogP contribution in [0.5, 0.6) is 0 Å². The minimum absolute atomic E-state index is 0.350. The van der Waals surface area contributed by atoms with Crippen LogP contribution < -0.4 is 0 Å². The molecule has 0 spiro atoms. The molecule has 0 bridgehead atoms. The molecule has 2 aromatic heterocycles. The van der Waals surface area contributed by atoms with Crippen molar-refractivity contribution in [2.24, 2.45) is 0 Å². The van der Waals surface area contributed by atoms with Crippen molar-refractivity contribution in [2.75, 3.05) is 6.61 Å². The molecule has 0 aliphatic carbocycles. The van der Waals surface area contributed by atoms with E-state index in [0.717, 1.165) is 10.2 Å². The highest BCUT2D eigenvalue weighted by molar-refractivity contribution is 9.10. The highest BCUT2D eigenvalue weighted by Gasteiger charge is 2.18. The summed E-state index contributed by atoms with van der Waals surface area (Å²) in [6.45, 7) is 2.14. The molecule has 16 heavy (non-hydrogen) atoms. The van der Waals surface area contributed by atoms with Crippen LogP contribution in [0.25, 0.3) is 5.69 Å². The Morgan fingerprint density at radius 2 is 2.19 bits per heavy atom. The zero-order valence-corrected chi connectivity index (χ0v) is 10.3. The topological polar surface area (TPSA) is 47.0 Å². The maximum Gasteiger partial charge on any atom is 0.356 e. The summed E-state index contributed by atoms with van der Waals surface area (Å²) in [5, 5.41) is 0. The quantitative estimate of drug-likeness (QED) is 0.880. The number of aromatic amines is 1. The van der Waals surface area contributed by atoms with Crippen LogP contribution in [0.3, 0.4) is 0 Å². The van der Waals surface area contributed by atoms with Crippen molar-refractivity contribution in [3.8, 4) is 5.69 Å². The number of nitrogens with one attached hydrogen (secondary N) is 1. The Labute approximate surface area is 101 Å². The smallest absolute Gasteiger partial charge is 0.356 e. The number of rotatable bonds is 3. The van der Waals surface area contributed by atoms with E-state index in [9.17, 15) is 4.79 Å². The summed E-state index contributed by atoms with van der Waals surface area (Å²) in [6, 6.07) is 3.79. The number of hydrogen-bond acceptors (Lipinski definition) is 2. The number of carbonyl (C=O) groups excluding carboxylic acids is 1. The Bertz CT molecular complexity index is 488. The zero-order valence-electron chi connectivity index (χ0n) is 8.74. The number of aromatic nitrogens is 2. The van der Waals surface area contributed by atoms with Crippen molar-refractivity contribution in [2.45, 2.75) is 6.92 Å². The number of carbonyl (C=O) groups is 1. The van der Waals surface area contributed by atoms with Crippen molar-refractivity contribution in [1.29, 1.82) is 0 Å². The van der Waals surface area contributed by atoms with Gasteiger partial charge in [-0.15, -0.1) is 0 Å². The van der Waals surface area contributed by atoms with Gasteiger partial charge < -0.3 is 14.3 Å². The number of nitrogens with zero attached hydrogens (tertiary/aromatic N) is 1. The second-order valence-electron chi connectivity index (χ2n) is 3.17. The van der Waals surface area contributed by atoms with Crippen LogP contribution in [0, 0.1) is 0 Å². The molecule has 0 saturated heterocycles. The van der Waals surface area contributed by atoms with Gasteiger partial charge in [-0.05, 0) is 35.0 Å². The minimum atomic E-state index is -0.350. The molecule has 0 aliphatic heterocycles. The monoisotopic (exact) mass is 282 g/mol. The van der Waals surface area contributed by atoms with Gasteiger partial charge in [0.2, 0.25) is 0 Å². The van der Waals surface area contributed by atoms with E-state index in [0.29, 0.717) is 12.3 Å². The fourth-order valence-electron chi connectivity index (χ4n) is 1.49. The maximum absolute atomic E-state index is 11.7. The average molecular weight is 283 g/mol. The SMILES string of the molecule is CCOC(=O)c1[nH]cc(Br)c1-n1cccc1. The average Bonchev–Trinajstić information content (AvgIpc) is 2.86. The van der Waals surface area contributed by atoms with Crippen molar-refractivity contribution < 1.29 is 9.53 Å². The Balaban J connectivity index is 2.44. The van der Waals surface area contributed by atoms with Gasteiger partial charge in [0.15, 0.2) is 5.69 Å². The van der Waals surface area contributed by atoms with Crippen LogP contribution in [0.1, 0.15) is 17.4 Å². The van der Waals surface area contributed by atoms with Gasteiger partial charge in [-0.2, -0.15) is 0 Å². The third-order valence-electron chi connectivity index (χ3n) is 2.15. The van der Waals surface area contributed by atoms with Crippen molar-refractivity contribution in [3.63, 3.8) is 0 Å². The molecule has 0 aliphatic rings. The van der Waals surface area contributed by atoms with E-state index in [-0.39, 0.29) is 5.97 Å². The summed E-state index contributed by atoms with van der Waals surface area (Å²) < 4.78 is 7.66. The molecule has 0 amide bonds. The summed E-state index contributed by atoms with van der Waals surface area (Å²) in [4.78, 5) is 14.6.